The fourth-order valence-electron chi connectivity index (χ4n) is 3.26. The van der Waals surface area contributed by atoms with Crippen molar-refractivity contribution in [2.75, 3.05) is 0 Å². The highest BCUT2D eigenvalue weighted by molar-refractivity contribution is 7.19. The van der Waals surface area contributed by atoms with Gasteiger partial charge in [-0.2, -0.15) is 0 Å². The van der Waals surface area contributed by atoms with E-state index < -0.39 is 11.6 Å². The van der Waals surface area contributed by atoms with Gasteiger partial charge in [-0.15, -0.1) is 11.3 Å². The third-order valence-corrected chi connectivity index (χ3v) is 6.06. The number of nitrogens with zero attached hydrogens (tertiary/aromatic N) is 1. The van der Waals surface area contributed by atoms with E-state index >= 15 is 0 Å². The number of rotatable bonds is 5. The normalized spacial score (nSPS) is 11.0. The van der Waals surface area contributed by atoms with Crippen LogP contribution in [0.2, 0.25) is 0 Å². The Morgan fingerprint density at radius 1 is 1.03 bits per heavy atom. The first kappa shape index (κ1) is 20.0. The Labute approximate surface area is 175 Å². The van der Waals surface area contributed by atoms with Crippen LogP contribution >= 0.6 is 11.3 Å². The van der Waals surface area contributed by atoms with Crippen molar-refractivity contribution in [1.82, 2.24) is 9.72 Å². The Balaban J connectivity index is 1.61. The summed E-state index contributed by atoms with van der Waals surface area (Å²) in [5, 5.41) is 2.88. The van der Waals surface area contributed by atoms with E-state index in [4.69, 9.17) is 0 Å². The van der Waals surface area contributed by atoms with Gasteiger partial charge in [0.15, 0.2) is 17.1 Å². The van der Waals surface area contributed by atoms with Gasteiger partial charge in [-0.3, -0.25) is 9.59 Å². The van der Waals surface area contributed by atoms with E-state index in [0.717, 1.165) is 17.7 Å². The zero-order valence-corrected chi connectivity index (χ0v) is 16.9. The van der Waals surface area contributed by atoms with Gasteiger partial charge in [0.2, 0.25) is 0 Å². The second-order valence-electron chi connectivity index (χ2n) is 7.01. The van der Waals surface area contributed by atoms with Gasteiger partial charge < -0.3 is 9.72 Å². The van der Waals surface area contributed by atoms with Gasteiger partial charge in [0.1, 0.15) is 9.71 Å². The molecule has 0 radical (unpaired) electrons. The molecule has 1 N–H and O–H groups in total. The predicted molar refractivity (Wildman–Crippen MR) is 113 cm³/mol. The number of aromatic nitrogens is 1. The summed E-state index contributed by atoms with van der Waals surface area (Å²) in [7, 11) is 0. The van der Waals surface area contributed by atoms with Crippen LogP contribution < -0.4 is 10.7 Å². The number of fused-ring (bicyclic) bond motifs is 1. The summed E-state index contributed by atoms with van der Waals surface area (Å²) in [5.74, 6) is -2.09. The number of carbonyl (C=O) groups is 1. The van der Waals surface area contributed by atoms with Gasteiger partial charge in [0.05, 0.1) is 0 Å². The maximum absolute atomic E-state index is 13.5. The number of aryl methyl sites for hydroxylation is 1. The smallest absolute Gasteiger partial charge is 0.263 e. The first-order valence-corrected chi connectivity index (χ1v) is 10.1. The van der Waals surface area contributed by atoms with Crippen LogP contribution in [0.25, 0.3) is 4.83 Å². The van der Waals surface area contributed by atoms with Crippen LogP contribution in [0.15, 0.2) is 65.7 Å². The minimum absolute atomic E-state index is 0.169. The zero-order chi connectivity index (χ0) is 21.3. The Morgan fingerprint density at radius 3 is 2.53 bits per heavy atom. The van der Waals surface area contributed by atoms with Gasteiger partial charge in [0, 0.05) is 36.5 Å². The van der Waals surface area contributed by atoms with Crippen LogP contribution in [-0.4, -0.2) is 10.3 Å². The van der Waals surface area contributed by atoms with Gasteiger partial charge >= 0.3 is 0 Å². The van der Waals surface area contributed by atoms with Crippen LogP contribution in [0.5, 0.6) is 0 Å². The quantitative estimate of drug-likeness (QED) is 0.514. The molecule has 7 heteroatoms. The molecule has 0 bridgehead atoms. The molecule has 0 fully saturated rings. The van der Waals surface area contributed by atoms with Crippen LogP contribution in [0.4, 0.5) is 8.78 Å². The summed E-state index contributed by atoms with van der Waals surface area (Å²) >= 11 is 1.24. The Kier molecular flexibility index (Phi) is 5.46. The summed E-state index contributed by atoms with van der Waals surface area (Å²) in [4.78, 5) is 26.5. The highest BCUT2D eigenvalue weighted by Gasteiger charge is 2.15. The van der Waals surface area contributed by atoms with Gasteiger partial charge in [-0.1, -0.05) is 36.4 Å². The molecule has 4 rings (SSSR count). The van der Waals surface area contributed by atoms with Crippen molar-refractivity contribution in [3.63, 3.8) is 0 Å². The minimum atomic E-state index is -0.946. The Hall–Kier alpha value is -3.32. The summed E-state index contributed by atoms with van der Waals surface area (Å²) < 4.78 is 28.4. The standard InChI is InChI=1S/C23H18F2N2O2S/c1-14-21(28)17(9-16-7-8-18(24)19(25)10-16)12-27-13-20(30-23(14)27)22(29)26-11-15-5-3-2-4-6-15/h2-8,10,12-13H,9,11H2,1H3,(H,26,29). The number of benzene rings is 2. The second kappa shape index (κ2) is 8.20. The van der Waals surface area contributed by atoms with E-state index in [1.807, 2.05) is 30.3 Å². The molecule has 2 heterocycles. The molecule has 4 nitrogen and oxygen atoms in total. The number of hydrogen-bond donors (Lipinski definition) is 1. The molecule has 152 valence electrons. The molecule has 0 atom stereocenters. The summed E-state index contributed by atoms with van der Waals surface area (Å²) in [6, 6.07) is 13.2. The van der Waals surface area contributed by atoms with E-state index in [-0.39, 0.29) is 17.8 Å². The van der Waals surface area contributed by atoms with E-state index in [0.29, 0.717) is 32.9 Å². The highest BCUT2D eigenvalue weighted by atomic mass is 32.1. The number of carbonyl (C=O) groups excluding carboxylic acids is 1. The van der Waals surface area contributed by atoms with Gasteiger partial charge in [-0.05, 0) is 30.2 Å². The van der Waals surface area contributed by atoms with Crippen molar-refractivity contribution in [3.8, 4) is 0 Å². The lowest BCUT2D eigenvalue weighted by Crippen LogP contribution is -2.21. The molecule has 0 unspecified atom stereocenters. The molecule has 0 aliphatic rings. The van der Waals surface area contributed by atoms with Crippen molar-refractivity contribution in [3.05, 3.63) is 110 Å². The lowest BCUT2D eigenvalue weighted by atomic mass is 10.0. The van der Waals surface area contributed by atoms with E-state index in [1.165, 1.54) is 17.4 Å². The summed E-state index contributed by atoms with van der Waals surface area (Å²) in [6.45, 7) is 2.11. The molecule has 0 spiro atoms. The fraction of sp³-hybridized carbons (Fsp3) is 0.130. The van der Waals surface area contributed by atoms with Crippen molar-refractivity contribution < 1.29 is 13.6 Å². The molecule has 1 amide bonds. The fourth-order valence-corrected chi connectivity index (χ4v) is 4.26. The molecular formula is C23H18F2N2O2S. The highest BCUT2D eigenvalue weighted by Crippen LogP contribution is 2.21. The zero-order valence-electron chi connectivity index (χ0n) is 16.1. The minimum Gasteiger partial charge on any atom is -0.347 e. The lowest BCUT2D eigenvalue weighted by molar-refractivity contribution is 0.0954. The van der Waals surface area contributed by atoms with Crippen molar-refractivity contribution >= 4 is 22.1 Å². The molecule has 0 saturated heterocycles. The molecule has 0 aliphatic heterocycles. The average molecular weight is 424 g/mol. The number of hydrogen-bond acceptors (Lipinski definition) is 3. The second-order valence-corrected chi connectivity index (χ2v) is 8.04. The molecule has 30 heavy (non-hydrogen) atoms. The van der Waals surface area contributed by atoms with E-state index in [2.05, 4.69) is 5.32 Å². The first-order chi connectivity index (χ1) is 14.4. The molecule has 2 aromatic heterocycles. The topological polar surface area (TPSA) is 50.6 Å². The van der Waals surface area contributed by atoms with Crippen LogP contribution in [0.3, 0.4) is 0 Å². The Bertz CT molecular complexity index is 1300. The van der Waals surface area contributed by atoms with Gasteiger partial charge in [0.25, 0.3) is 5.91 Å². The third-order valence-electron chi connectivity index (χ3n) is 4.84. The molecule has 4 aromatic rings. The van der Waals surface area contributed by atoms with Gasteiger partial charge in [-0.25, -0.2) is 8.78 Å². The summed E-state index contributed by atoms with van der Waals surface area (Å²) in [5.41, 5.74) is 2.29. The third kappa shape index (κ3) is 4.02. The Morgan fingerprint density at radius 2 is 1.80 bits per heavy atom. The number of amides is 1. The van der Waals surface area contributed by atoms with Crippen molar-refractivity contribution in [2.45, 2.75) is 19.9 Å². The van der Waals surface area contributed by atoms with Crippen molar-refractivity contribution in [1.29, 1.82) is 0 Å². The maximum Gasteiger partial charge on any atom is 0.263 e. The number of thiazole rings is 1. The maximum atomic E-state index is 13.5. The van der Waals surface area contributed by atoms with E-state index in [1.54, 1.807) is 23.7 Å². The van der Waals surface area contributed by atoms with Crippen LogP contribution in [-0.2, 0) is 13.0 Å². The largest absolute Gasteiger partial charge is 0.347 e. The van der Waals surface area contributed by atoms with Crippen LogP contribution in [0.1, 0.15) is 31.9 Å². The molecule has 0 aliphatic carbocycles. The number of pyridine rings is 1. The van der Waals surface area contributed by atoms with Crippen LogP contribution in [0, 0.1) is 18.6 Å². The predicted octanol–water partition coefficient (Wildman–Crippen LogP) is 4.47. The summed E-state index contributed by atoms with van der Waals surface area (Å²) in [6.07, 6.45) is 3.50. The number of halogens is 2. The lowest BCUT2D eigenvalue weighted by Gasteiger charge is -2.05. The number of nitrogens with one attached hydrogen (secondary N) is 1. The van der Waals surface area contributed by atoms with Crippen molar-refractivity contribution in [2.24, 2.45) is 0 Å². The average Bonchev–Trinajstić information content (AvgIpc) is 3.18. The van der Waals surface area contributed by atoms with E-state index in [9.17, 15) is 18.4 Å². The SMILES string of the molecule is Cc1c(=O)c(Cc2ccc(F)c(F)c2)cn2cc(C(=O)NCc3ccccc3)sc12. The molecule has 0 saturated carbocycles. The molecule has 2 aromatic carbocycles. The molecular weight excluding hydrogens is 406 g/mol. The first-order valence-electron chi connectivity index (χ1n) is 9.32. The monoisotopic (exact) mass is 424 g/mol.